The highest BCUT2D eigenvalue weighted by Crippen LogP contribution is 2.33. The molecule has 6 heteroatoms. The molecule has 3 aromatic rings. The van der Waals surface area contributed by atoms with Crippen molar-refractivity contribution in [1.82, 2.24) is 9.80 Å². The van der Waals surface area contributed by atoms with Gasteiger partial charge in [-0.2, -0.15) is 0 Å². The molecule has 0 spiro atoms. The van der Waals surface area contributed by atoms with Crippen LogP contribution in [0.2, 0.25) is 0 Å². The van der Waals surface area contributed by atoms with Crippen molar-refractivity contribution >= 4 is 17.9 Å². The van der Waals surface area contributed by atoms with E-state index in [-0.39, 0.29) is 18.6 Å². The van der Waals surface area contributed by atoms with Crippen molar-refractivity contribution in [2.75, 3.05) is 33.0 Å². The molecule has 2 heterocycles. The molecule has 5 rings (SSSR count). The summed E-state index contributed by atoms with van der Waals surface area (Å²) in [5, 5.41) is 0. The number of carbonyl (C=O) groups is 2. The highest BCUT2D eigenvalue weighted by atomic mass is 16.7. The van der Waals surface area contributed by atoms with Gasteiger partial charge in [-0.05, 0) is 47.7 Å². The maximum Gasteiger partial charge on any atom is 0.246 e. The lowest BCUT2D eigenvalue weighted by Crippen LogP contribution is -2.50. The Morgan fingerprint density at radius 3 is 2.08 bits per heavy atom. The van der Waals surface area contributed by atoms with Crippen LogP contribution in [0.1, 0.15) is 48.3 Å². The zero-order valence-corrected chi connectivity index (χ0v) is 21.6. The molecule has 38 heavy (non-hydrogen) atoms. The van der Waals surface area contributed by atoms with Crippen molar-refractivity contribution in [2.45, 2.75) is 31.6 Å². The summed E-state index contributed by atoms with van der Waals surface area (Å²) in [6.07, 6.45) is 6.80. The number of carbonyl (C=O) groups excluding carboxylic acids is 2. The van der Waals surface area contributed by atoms with E-state index in [0.29, 0.717) is 44.3 Å². The quantitative estimate of drug-likeness (QED) is 0.282. The topological polar surface area (TPSA) is 59.1 Å². The fourth-order valence-electron chi connectivity index (χ4n) is 5.15. The van der Waals surface area contributed by atoms with Crippen LogP contribution in [0.3, 0.4) is 0 Å². The van der Waals surface area contributed by atoms with Crippen LogP contribution in [0.5, 0.6) is 11.5 Å². The molecular weight excluding hydrogens is 476 g/mol. The summed E-state index contributed by atoms with van der Waals surface area (Å²) in [5.74, 6) is 1.91. The van der Waals surface area contributed by atoms with Gasteiger partial charge in [0.25, 0.3) is 0 Å². The first-order valence-electron chi connectivity index (χ1n) is 13.4. The SMILES string of the molecule is O=C(/C=C/c1ccc2c(c1)OCO2)N1CCN(C(=O)CCCCC(c2ccccc2)c2ccccc2)CC1. The van der Waals surface area contributed by atoms with Crippen molar-refractivity contribution in [3.05, 3.63) is 102 Å². The van der Waals surface area contributed by atoms with Crippen LogP contribution >= 0.6 is 0 Å². The van der Waals surface area contributed by atoms with Crippen molar-refractivity contribution in [2.24, 2.45) is 0 Å². The molecule has 0 atom stereocenters. The third-order valence-corrected chi connectivity index (χ3v) is 7.30. The van der Waals surface area contributed by atoms with Gasteiger partial charge in [0.15, 0.2) is 11.5 Å². The molecule has 0 aliphatic carbocycles. The predicted octanol–water partition coefficient (Wildman–Crippen LogP) is 5.49. The summed E-state index contributed by atoms with van der Waals surface area (Å²) in [5.41, 5.74) is 3.52. The van der Waals surface area contributed by atoms with Gasteiger partial charge in [-0.1, -0.05) is 73.2 Å². The Morgan fingerprint density at radius 2 is 1.39 bits per heavy atom. The summed E-state index contributed by atoms with van der Waals surface area (Å²) >= 11 is 0. The number of piperazine rings is 1. The van der Waals surface area contributed by atoms with E-state index in [0.717, 1.165) is 30.6 Å². The summed E-state index contributed by atoms with van der Waals surface area (Å²) in [6, 6.07) is 26.8. The number of fused-ring (bicyclic) bond motifs is 1. The summed E-state index contributed by atoms with van der Waals surface area (Å²) in [6.45, 7) is 2.50. The maximum atomic E-state index is 12.8. The minimum Gasteiger partial charge on any atom is -0.454 e. The average Bonchev–Trinajstić information content (AvgIpc) is 3.45. The minimum atomic E-state index is -0.0392. The zero-order chi connectivity index (χ0) is 26.2. The Hall–Kier alpha value is -4.06. The van der Waals surface area contributed by atoms with Crippen LogP contribution in [0, 0.1) is 0 Å². The second kappa shape index (κ2) is 12.5. The standard InChI is InChI=1S/C32H34N2O4/c35-31(14-8-7-13-28(26-9-3-1-4-10-26)27-11-5-2-6-12-27)33-19-21-34(22-20-33)32(36)18-16-25-15-17-29-30(23-25)38-24-37-29/h1-6,9-12,15-18,23,28H,7-8,13-14,19-22,24H2/b18-16+. The number of benzene rings is 3. The van der Waals surface area contributed by atoms with Gasteiger partial charge < -0.3 is 19.3 Å². The van der Waals surface area contributed by atoms with Crippen molar-refractivity contribution < 1.29 is 19.1 Å². The first-order valence-corrected chi connectivity index (χ1v) is 13.4. The lowest BCUT2D eigenvalue weighted by atomic mass is 9.87. The molecule has 0 radical (unpaired) electrons. The largest absolute Gasteiger partial charge is 0.454 e. The molecule has 2 amide bonds. The monoisotopic (exact) mass is 510 g/mol. The molecule has 0 unspecified atom stereocenters. The number of ether oxygens (including phenoxy) is 2. The second-order valence-electron chi connectivity index (χ2n) is 9.77. The maximum absolute atomic E-state index is 12.8. The van der Waals surface area contributed by atoms with Gasteiger partial charge in [0, 0.05) is 44.6 Å². The summed E-state index contributed by atoms with van der Waals surface area (Å²) < 4.78 is 10.7. The Kier molecular flexibility index (Phi) is 8.39. The molecule has 196 valence electrons. The Bertz CT molecular complexity index is 1210. The van der Waals surface area contributed by atoms with E-state index in [9.17, 15) is 9.59 Å². The lowest BCUT2D eigenvalue weighted by Gasteiger charge is -2.34. The van der Waals surface area contributed by atoms with E-state index in [2.05, 4.69) is 48.5 Å². The van der Waals surface area contributed by atoms with Gasteiger partial charge in [-0.3, -0.25) is 9.59 Å². The smallest absolute Gasteiger partial charge is 0.246 e. The van der Waals surface area contributed by atoms with Crippen LogP contribution < -0.4 is 9.47 Å². The van der Waals surface area contributed by atoms with Crippen LogP contribution in [-0.4, -0.2) is 54.6 Å². The molecule has 2 aliphatic heterocycles. The van der Waals surface area contributed by atoms with Crippen LogP contribution in [0.4, 0.5) is 0 Å². The molecule has 0 saturated carbocycles. The molecule has 0 aromatic heterocycles. The summed E-state index contributed by atoms with van der Waals surface area (Å²) in [7, 11) is 0. The fourth-order valence-corrected chi connectivity index (χ4v) is 5.15. The molecule has 3 aromatic carbocycles. The van der Waals surface area contributed by atoms with E-state index < -0.39 is 0 Å². The van der Waals surface area contributed by atoms with E-state index in [4.69, 9.17) is 9.47 Å². The van der Waals surface area contributed by atoms with E-state index in [1.165, 1.54) is 11.1 Å². The third-order valence-electron chi connectivity index (χ3n) is 7.30. The van der Waals surface area contributed by atoms with E-state index >= 15 is 0 Å². The Morgan fingerprint density at radius 1 is 0.763 bits per heavy atom. The number of hydrogen-bond acceptors (Lipinski definition) is 4. The third kappa shape index (κ3) is 6.43. The van der Waals surface area contributed by atoms with Crippen molar-refractivity contribution in [3.8, 4) is 11.5 Å². The number of nitrogens with zero attached hydrogens (tertiary/aromatic N) is 2. The molecule has 6 nitrogen and oxygen atoms in total. The van der Waals surface area contributed by atoms with E-state index in [1.54, 1.807) is 17.1 Å². The van der Waals surface area contributed by atoms with Gasteiger partial charge in [0.2, 0.25) is 18.6 Å². The van der Waals surface area contributed by atoms with Gasteiger partial charge in [-0.15, -0.1) is 0 Å². The van der Waals surface area contributed by atoms with Gasteiger partial charge >= 0.3 is 0 Å². The average molecular weight is 511 g/mol. The van der Waals surface area contributed by atoms with Crippen LogP contribution in [0.15, 0.2) is 84.9 Å². The van der Waals surface area contributed by atoms with Gasteiger partial charge in [0.05, 0.1) is 0 Å². The number of hydrogen-bond donors (Lipinski definition) is 0. The minimum absolute atomic E-state index is 0.0392. The normalized spacial score (nSPS) is 14.9. The van der Waals surface area contributed by atoms with Crippen LogP contribution in [-0.2, 0) is 9.59 Å². The van der Waals surface area contributed by atoms with Crippen LogP contribution in [0.25, 0.3) is 6.08 Å². The number of unbranched alkanes of at least 4 members (excludes halogenated alkanes) is 1. The molecule has 0 N–H and O–H groups in total. The van der Waals surface area contributed by atoms with E-state index in [1.807, 2.05) is 35.2 Å². The molecule has 1 fully saturated rings. The van der Waals surface area contributed by atoms with Gasteiger partial charge in [0.1, 0.15) is 0 Å². The number of amides is 2. The predicted molar refractivity (Wildman–Crippen MR) is 148 cm³/mol. The highest BCUT2D eigenvalue weighted by molar-refractivity contribution is 5.92. The Balaban J connectivity index is 1.05. The van der Waals surface area contributed by atoms with Crippen molar-refractivity contribution in [1.29, 1.82) is 0 Å². The first-order chi connectivity index (χ1) is 18.7. The fraction of sp³-hybridized carbons (Fsp3) is 0.312. The molecule has 1 saturated heterocycles. The number of rotatable bonds is 9. The molecule has 0 bridgehead atoms. The van der Waals surface area contributed by atoms with Crippen molar-refractivity contribution in [3.63, 3.8) is 0 Å². The zero-order valence-electron chi connectivity index (χ0n) is 21.6. The second-order valence-corrected chi connectivity index (χ2v) is 9.77. The molecular formula is C32H34N2O4. The Labute approximate surface area is 224 Å². The molecule has 2 aliphatic rings. The lowest BCUT2D eigenvalue weighted by molar-refractivity contribution is -0.137. The first kappa shape index (κ1) is 25.6. The highest BCUT2D eigenvalue weighted by Gasteiger charge is 2.23. The van der Waals surface area contributed by atoms with Gasteiger partial charge in [-0.25, -0.2) is 0 Å². The summed E-state index contributed by atoms with van der Waals surface area (Å²) in [4.78, 5) is 29.2.